The lowest BCUT2D eigenvalue weighted by Crippen LogP contribution is -2.26. The molecule has 0 atom stereocenters. The Morgan fingerprint density at radius 1 is 1.39 bits per heavy atom. The summed E-state index contributed by atoms with van der Waals surface area (Å²) < 4.78 is 6.32. The topological polar surface area (TPSA) is 64.1 Å². The predicted molar refractivity (Wildman–Crippen MR) is 67.6 cm³/mol. The van der Waals surface area contributed by atoms with Gasteiger partial charge in [-0.3, -0.25) is 14.7 Å². The summed E-state index contributed by atoms with van der Waals surface area (Å²) >= 11 is 0. The van der Waals surface area contributed by atoms with Gasteiger partial charge in [0.05, 0.1) is 25.1 Å². The minimum atomic E-state index is -0.370. The van der Waals surface area contributed by atoms with Gasteiger partial charge >= 0.3 is 5.97 Å². The second-order valence-corrected chi connectivity index (χ2v) is 4.94. The Kier molecular flexibility index (Phi) is 3.89. The van der Waals surface area contributed by atoms with Gasteiger partial charge in [-0.1, -0.05) is 19.3 Å². The maximum atomic E-state index is 12.3. The molecule has 1 aliphatic carbocycles. The van der Waals surface area contributed by atoms with Crippen LogP contribution < -0.4 is 5.56 Å². The zero-order valence-electron chi connectivity index (χ0n) is 11.0. The molecule has 0 spiro atoms. The number of hydrogen-bond acceptors (Lipinski definition) is 3. The molecule has 0 bridgehead atoms. The van der Waals surface area contributed by atoms with Crippen molar-refractivity contribution in [3.8, 4) is 0 Å². The summed E-state index contributed by atoms with van der Waals surface area (Å²) in [6, 6.07) is 0.261. The smallest absolute Gasteiger partial charge is 0.310 e. The molecule has 0 aromatic carbocycles. The van der Waals surface area contributed by atoms with E-state index in [0.29, 0.717) is 5.56 Å². The lowest BCUT2D eigenvalue weighted by molar-refractivity contribution is -0.139. The van der Waals surface area contributed by atoms with Crippen molar-refractivity contribution in [2.24, 2.45) is 0 Å². The van der Waals surface area contributed by atoms with Crippen LogP contribution in [0.2, 0.25) is 0 Å². The molecule has 1 saturated carbocycles. The van der Waals surface area contributed by atoms with E-state index in [0.717, 1.165) is 18.5 Å². The van der Waals surface area contributed by atoms with Crippen LogP contribution in [0.15, 0.2) is 4.79 Å². The van der Waals surface area contributed by atoms with Gasteiger partial charge in [-0.2, -0.15) is 0 Å². The van der Waals surface area contributed by atoms with E-state index in [1.165, 1.54) is 26.4 Å². The minimum Gasteiger partial charge on any atom is -0.469 e. The molecule has 1 fully saturated rings. The number of nitrogens with zero attached hydrogens (tertiary/aromatic N) is 1. The number of methoxy groups -OCH3 is 1. The summed E-state index contributed by atoms with van der Waals surface area (Å²) in [5.41, 5.74) is 1.24. The monoisotopic (exact) mass is 252 g/mol. The van der Waals surface area contributed by atoms with Crippen molar-refractivity contribution in [1.29, 1.82) is 0 Å². The van der Waals surface area contributed by atoms with Gasteiger partial charge in [-0.25, -0.2) is 4.68 Å². The molecule has 1 aliphatic rings. The molecule has 5 nitrogen and oxygen atoms in total. The number of carbonyl (C=O) groups excluding carboxylic acids is 1. The molecule has 2 rings (SSSR count). The van der Waals surface area contributed by atoms with Crippen LogP contribution >= 0.6 is 0 Å². The first kappa shape index (κ1) is 12.9. The number of aryl methyl sites for hydroxylation is 1. The van der Waals surface area contributed by atoms with Crippen LogP contribution in [-0.4, -0.2) is 22.9 Å². The highest BCUT2D eigenvalue weighted by atomic mass is 16.5. The van der Waals surface area contributed by atoms with E-state index in [4.69, 9.17) is 0 Å². The van der Waals surface area contributed by atoms with Gasteiger partial charge < -0.3 is 4.74 Å². The summed E-state index contributed by atoms with van der Waals surface area (Å²) in [5, 5.41) is 3.11. The van der Waals surface area contributed by atoms with Gasteiger partial charge in [0.2, 0.25) is 0 Å². The van der Waals surface area contributed by atoms with E-state index < -0.39 is 0 Å². The predicted octanol–water partition coefficient (Wildman–Crippen LogP) is 1.71. The lowest BCUT2D eigenvalue weighted by atomic mass is 9.96. The minimum absolute atomic E-state index is 0.0530. The maximum Gasteiger partial charge on any atom is 0.310 e. The number of ether oxygens (including phenoxy) is 1. The average Bonchev–Trinajstić information content (AvgIpc) is 2.67. The Hall–Kier alpha value is -1.52. The molecule has 5 heteroatoms. The fourth-order valence-corrected chi connectivity index (χ4v) is 2.63. The van der Waals surface area contributed by atoms with Crippen LogP contribution in [0.3, 0.4) is 0 Å². The Morgan fingerprint density at radius 3 is 2.67 bits per heavy atom. The van der Waals surface area contributed by atoms with Crippen molar-refractivity contribution < 1.29 is 9.53 Å². The van der Waals surface area contributed by atoms with Crippen molar-refractivity contribution in [2.75, 3.05) is 7.11 Å². The van der Waals surface area contributed by atoms with Crippen molar-refractivity contribution in [1.82, 2.24) is 9.78 Å². The van der Waals surface area contributed by atoms with E-state index in [1.807, 2.05) is 6.92 Å². The second-order valence-electron chi connectivity index (χ2n) is 4.94. The molecule has 0 aliphatic heterocycles. The molecule has 100 valence electrons. The van der Waals surface area contributed by atoms with Crippen LogP contribution in [0.5, 0.6) is 0 Å². The fourth-order valence-electron chi connectivity index (χ4n) is 2.63. The first-order valence-electron chi connectivity index (χ1n) is 6.50. The van der Waals surface area contributed by atoms with Crippen molar-refractivity contribution in [3.05, 3.63) is 21.6 Å². The normalized spacial score (nSPS) is 16.8. The SMILES string of the molecule is COC(=O)Cc1c(C)[nH]n(C2CCCCC2)c1=O. The third kappa shape index (κ3) is 2.49. The van der Waals surface area contributed by atoms with Crippen molar-refractivity contribution >= 4 is 5.97 Å². The van der Waals surface area contributed by atoms with Crippen LogP contribution in [0.4, 0.5) is 0 Å². The average molecular weight is 252 g/mol. The third-order valence-electron chi connectivity index (χ3n) is 3.71. The zero-order chi connectivity index (χ0) is 13.1. The number of carbonyl (C=O) groups is 1. The third-order valence-corrected chi connectivity index (χ3v) is 3.71. The van der Waals surface area contributed by atoms with Gasteiger partial charge in [0.1, 0.15) is 0 Å². The van der Waals surface area contributed by atoms with Crippen molar-refractivity contribution in [2.45, 2.75) is 51.5 Å². The summed E-state index contributed by atoms with van der Waals surface area (Å²) in [5.74, 6) is -0.370. The fraction of sp³-hybridized carbons (Fsp3) is 0.692. The van der Waals surface area contributed by atoms with E-state index in [9.17, 15) is 9.59 Å². The Bertz CT molecular complexity index is 481. The number of aromatic nitrogens is 2. The molecule has 1 N–H and O–H groups in total. The molecule has 0 unspecified atom stereocenters. The number of nitrogens with one attached hydrogen (secondary N) is 1. The Labute approximate surface area is 106 Å². The summed E-state index contributed by atoms with van der Waals surface area (Å²) in [4.78, 5) is 23.6. The molecular formula is C13H20N2O3. The van der Waals surface area contributed by atoms with Gasteiger partial charge in [-0.15, -0.1) is 0 Å². The molecule has 0 amide bonds. The van der Waals surface area contributed by atoms with E-state index in [-0.39, 0.29) is 24.0 Å². The van der Waals surface area contributed by atoms with Gasteiger partial charge in [0, 0.05) is 5.69 Å². The summed E-state index contributed by atoms with van der Waals surface area (Å²) in [7, 11) is 1.34. The first-order valence-corrected chi connectivity index (χ1v) is 6.50. The van der Waals surface area contributed by atoms with Crippen LogP contribution in [0, 0.1) is 6.92 Å². The van der Waals surface area contributed by atoms with Crippen LogP contribution in [0.1, 0.15) is 49.4 Å². The largest absolute Gasteiger partial charge is 0.469 e. The number of rotatable bonds is 3. The van der Waals surface area contributed by atoms with E-state index >= 15 is 0 Å². The summed E-state index contributed by atoms with van der Waals surface area (Å²) in [6.45, 7) is 1.83. The highest BCUT2D eigenvalue weighted by Crippen LogP contribution is 2.26. The summed E-state index contributed by atoms with van der Waals surface area (Å²) in [6.07, 6.45) is 5.72. The highest BCUT2D eigenvalue weighted by molar-refractivity contribution is 5.72. The molecule has 1 heterocycles. The van der Waals surface area contributed by atoms with Gasteiger partial charge in [0.15, 0.2) is 0 Å². The lowest BCUT2D eigenvalue weighted by Gasteiger charge is -2.21. The number of esters is 1. The van der Waals surface area contributed by atoms with Gasteiger partial charge in [-0.05, 0) is 19.8 Å². The maximum absolute atomic E-state index is 12.3. The Morgan fingerprint density at radius 2 is 2.06 bits per heavy atom. The second kappa shape index (κ2) is 5.42. The first-order chi connectivity index (χ1) is 8.63. The number of aromatic amines is 1. The molecule has 0 radical (unpaired) electrons. The molecular weight excluding hydrogens is 232 g/mol. The molecule has 1 aromatic heterocycles. The van der Waals surface area contributed by atoms with Gasteiger partial charge in [0.25, 0.3) is 5.56 Å². The van der Waals surface area contributed by atoms with E-state index in [1.54, 1.807) is 4.68 Å². The molecule has 0 saturated heterocycles. The molecule has 18 heavy (non-hydrogen) atoms. The number of hydrogen-bond donors (Lipinski definition) is 1. The quantitative estimate of drug-likeness (QED) is 0.833. The van der Waals surface area contributed by atoms with E-state index in [2.05, 4.69) is 9.84 Å². The zero-order valence-corrected chi connectivity index (χ0v) is 11.0. The number of H-pyrrole nitrogens is 1. The standard InChI is InChI=1S/C13H20N2O3/c1-9-11(8-12(16)18-2)13(17)15(14-9)10-6-4-3-5-7-10/h10,14H,3-8H2,1-2H3. The highest BCUT2D eigenvalue weighted by Gasteiger charge is 2.21. The van der Waals surface area contributed by atoms with Crippen molar-refractivity contribution in [3.63, 3.8) is 0 Å². The Balaban J connectivity index is 2.25. The van der Waals surface area contributed by atoms with Crippen LogP contribution in [0.25, 0.3) is 0 Å². The molecule has 1 aromatic rings. The van der Waals surface area contributed by atoms with Crippen LogP contribution in [-0.2, 0) is 16.0 Å².